The molecule has 4 aromatic rings. The first kappa shape index (κ1) is 23.8. The van der Waals surface area contributed by atoms with Crippen molar-refractivity contribution in [3.05, 3.63) is 167 Å². The van der Waals surface area contributed by atoms with E-state index < -0.39 is 13.3 Å². The fourth-order valence-electron chi connectivity index (χ4n) is 6.41. The second-order valence-electron chi connectivity index (χ2n) is 9.84. The first-order chi connectivity index (χ1) is 18.3. The molecule has 1 spiro atoms. The molecule has 2 aliphatic heterocycles. The van der Waals surface area contributed by atoms with Gasteiger partial charge in [0, 0.05) is 0 Å². The molecule has 0 aliphatic carbocycles. The standard InChI is InChI=1S/C36H32Ge/c1-3-27-25-33(29-17-9-5-10-18-29)37(35(27)31-21-13-7-14-22-31)34(30-19-11-6-12-20-30)26-28(4-2)36(37)32-23-15-8-16-24-32/h5-26H,3-4H2,1-2H3. The van der Waals surface area contributed by atoms with Gasteiger partial charge in [0.2, 0.25) is 0 Å². The summed E-state index contributed by atoms with van der Waals surface area (Å²) >= 11 is -3.42. The summed E-state index contributed by atoms with van der Waals surface area (Å²) in [6.45, 7) is 4.65. The molecule has 0 radical (unpaired) electrons. The molecule has 0 unspecified atom stereocenters. The first-order valence-corrected chi connectivity index (χ1v) is 17.6. The second kappa shape index (κ2) is 10.0. The van der Waals surface area contributed by atoms with E-state index in [1.807, 2.05) is 0 Å². The fraction of sp³-hybridized carbons (Fsp3) is 0.111. The second-order valence-corrected chi connectivity index (χ2v) is 17.3. The summed E-state index contributed by atoms with van der Waals surface area (Å²) in [5.74, 6) is 0. The molecule has 4 aromatic carbocycles. The van der Waals surface area contributed by atoms with Crippen molar-refractivity contribution in [2.45, 2.75) is 26.7 Å². The van der Waals surface area contributed by atoms with Gasteiger partial charge in [-0.3, -0.25) is 0 Å². The number of benzene rings is 4. The van der Waals surface area contributed by atoms with Crippen LogP contribution in [-0.2, 0) is 0 Å². The molecule has 0 saturated carbocycles. The normalized spacial score (nSPS) is 16.4. The number of allylic oxidation sites excluding steroid dienone is 4. The van der Waals surface area contributed by atoms with Gasteiger partial charge in [0.25, 0.3) is 0 Å². The van der Waals surface area contributed by atoms with Crippen LogP contribution in [0.15, 0.2) is 145 Å². The van der Waals surface area contributed by atoms with Gasteiger partial charge in [0.15, 0.2) is 0 Å². The summed E-state index contributed by atoms with van der Waals surface area (Å²) in [7, 11) is 0. The van der Waals surface area contributed by atoms with E-state index >= 15 is 0 Å². The molecule has 37 heavy (non-hydrogen) atoms. The fourth-order valence-corrected chi connectivity index (χ4v) is 19.5. The van der Waals surface area contributed by atoms with Gasteiger partial charge in [-0.2, -0.15) is 0 Å². The molecule has 1 heteroatoms. The molecule has 0 aromatic heterocycles. The summed E-state index contributed by atoms with van der Waals surface area (Å²) in [4.78, 5) is 0. The molecular weight excluding hydrogens is 505 g/mol. The average Bonchev–Trinajstić information content (AvgIpc) is 3.50. The first-order valence-electron chi connectivity index (χ1n) is 13.4. The van der Waals surface area contributed by atoms with E-state index in [-0.39, 0.29) is 0 Å². The van der Waals surface area contributed by atoms with Crippen LogP contribution in [0.3, 0.4) is 0 Å². The predicted molar refractivity (Wildman–Crippen MR) is 162 cm³/mol. The zero-order chi connectivity index (χ0) is 25.2. The van der Waals surface area contributed by atoms with E-state index in [2.05, 4.69) is 147 Å². The zero-order valence-corrected chi connectivity index (χ0v) is 23.7. The van der Waals surface area contributed by atoms with Crippen LogP contribution >= 0.6 is 0 Å². The van der Waals surface area contributed by atoms with Gasteiger partial charge in [-0.1, -0.05) is 0 Å². The summed E-state index contributed by atoms with van der Waals surface area (Å²) < 4.78 is 6.35. The molecule has 0 amide bonds. The Labute approximate surface area is 223 Å². The van der Waals surface area contributed by atoms with Gasteiger partial charge in [-0.15, -0.1) is 0 Å². The molecule has 180 valence electrons. The van der Waals surface area contributed by atoms with Crippen LogP contribution in [0.1, 0.15) is 48.9 Å². The molecule has 0 nitrogen and oxygen atoms in total. The average molecular weight is 537 g/mol. The molecule has 0 atom stereocenters. The van der Waals surface area contributed by atoms with Gasteiger partial charge in [0.05, 0.1) is 0 Å². The number of rotatable bonds is 6. The Morgan fingerprint density at radius 3 is 1.00 bits per heavy atom. The summed E-state index contributed by atoms with van der Waals surface area (Å²) in [6, 6.07) is 44.9. The molecule has 0 fully saturated rings. The number of hydrogen-bond acceptors (Lipinski definition) is 0. The predicted octanol–water partition coefficient (Wildman–Crippen LogP) is 9.51. The SMILES string of the molecule is CCC1=[C](c2ccccc2)[Ge]2([C](c3ccccc3)=C1)[C](c1ccccc1)=CC(CC)=[C]2c1ccccc1. The van der Waals surface area contributed by atoms with Crippen LogP contribution in [0.4, 0.5) is 0 Å². The summed E-state index contributed by atoms with van der Waals surface area (Å²) in [5, 5.41) is 0. The van der Waals surface area contributed by atoms with Crippen molar-refractivity contribution in [1.29, 1.82) is 0 Å². The van der Waals surface area contributed by atoms with Crippen molar-refractivity contribution in [1.82, 2.24) is 0 Å². The van der Waals surface area contributed by atoms with Crippen molar-refractivity contribution >= 4 is 30.9 Å². The Morgan fingerprint density at radius 2 is 0.703 bits per heavy atom. The number of hydrogen-bond donors (Lipinski definition) is 0. The van der Waals surface area contributed by atoms with Gasteiger partial charge in [-0.05, 0) is 0 Å². The van der Waals surface area contributed by atoms with Crippen LogP contribution < -0.4 is 0 Å². The van der Waals surface area contributed by atoms with Gasteiger partial charge >= 0.3 is 224 Å². The third-order valence-corrected chi connectivity index (χ3v) is 18.8. The van der Waals surface area contributed by atoms with Crippen molar-refractivity contribution in [2.75, 3.05) is 0 Å². The van der Waals surface area contributed by atoms with E-state index in [0.717, 1.165) is 12.8 Å². The third kappa shape index (κ3) is 3.83. The van der Waals surface area contributed by atoms with Crippen molar-refractivity contribution < 1.29 is 0 Å². The Morgan fingerprint density at radius 1 is 0.405 bits per heavy atom. The Hall–Kier alpha value is -3.62. The Bertz CT molecular complexity index is 1420. The summed E-state index contributed by atoms with van der Waals surface area (Å²) in [5.41, 5.74) is 8.50. The maximum absolute atomic E-state index is 3.42. The molecule has 2 heterocycles. The topological polar surface area (TPSA) is 0 Å². The monoisotopic (exact) mass is 538 g/mol. The molecule has 0 N–H and O–H groups in total. The molecule has 2 aliphatic rings. The Kier molecular flexibility index (Phi) is 6.44. The van der Waals surface area contributed by atoms with E-state index in [1.54, 1.807) is 17.6 Å². The van der Waals surface area contributed by atoms with Crippen LogP contribution in [0, 0.1) is 0 Å². The minimum absolute atomic E-state index is 1.03. The molecule has 0 bridgehead atoms. The minimum atomic E-state index is -3.42. The van der Waals surface area contributed by atoms with E-state index in [1.165, 1.54) is 33.4 Å². The van der Waals surface area contributed by atoms with E-state index in [0.29, 0.717) is 0 Å². The van der Waals surface area contributed by atoms with E-state index in [4.69, 9.17) is 0 Å². The van der Waals surface area contributed by atoms with Crippen LogP contribution in [0.5, 0.6) is 0 Å². The van der Waals surface area contributed by atoms with Gasteiger partial charge in [-0.25, -0.2) is 0 Å². The van der Waals surface area contributed by atoms with Crippen molar-refractivity contribution in [2.24, 2.45) is 0 Å². The van der Waals surface area contributed by atoms with Crippen LogP contribution in [-0.4, -0.2) is 13.3 Å². The zero-order valence-electron chi connectivity index (χ0n) is 21.6. The van der Waals surface area contributed by atoms with Gasteiger partial charge in [0.1, 0.15) is 0 Å². The summed E-state index contributed by atoms with van der Waals surface area (Å²) in [6.07, 6.45) is 7.21. The van der Waals surface area contributed by atoms with Gasteiger partial charge < -0.3 is 0 Å². The molecule has 0 saturated heterocycles. The Balaban J connectivity index is 1.78. The quantitative estimate of drug-likeness (QED) is 0.215. The maximum atomic E-state index is 2.58. The van der Waals surface area contributed by atoms with Crippen molar-refractivity contribution in [3.8, 4) is 0 Å². The van der Waals surface area contributed by atoms with Crippen LogP contribution in [0.2, 0.25) is 0 Å². The third-order valence-electron chi connectivity index (χ3n) is 7.89. The van der Waals surface area contributed by atoms with E-state index in [9.17, 15) is 0 Å². The van der Waals surface area contributed by atoms with Crippen LogP contribution in [0.25, 0.3) is 17.6 Å². The van der Waals surface area contributed by atoms with Crippen molar-refractivity contribution in [3.63, 3.8) is 0 Å². The molecular formula is C36H32Ge. The molecule has 6 rings (SSSR count).